The van der Waals surface area contributed by atoms with Crippen LogP contribution in [-0.4, -0.2) is 53.3 Å². The Morgan fingerprint density at radius 3 is 1.60 bits per heavy atom. The third kappa shape index (κ3) is 13.0. The summed E-state index contributed by atoms with van der Waals surface area (Å²) in [6.07, 6.45) is 7.13. The molecule has 47 heavy (non-hydrogen) atoms. The number of benzene rings is 2. The molecule has 2 heterocycles. The number of ether oxygens (including phenoxy) is 2. The smallest absolute Gasteiger partial charge is 0.469 e. The van der Waals surface area contributed by atoms with Gasteiger partial charge in [-0.25, -0.2) is 0 Å². The van der Waals surface area contributed by atoms with Crippen LogP contribution in [0.2, 0.25) is 0 Å². The van der Waals surface area contributed by atoms with Gasteiger partial charge < -0.3 is 31.0 Å². The lowest BCUT2D eigenvalue weighted by Gasteiger charge is -2.14. The van der Waals surface area contributed by atoms with E-state index in [-0.39, 0.29) is 38.2 Å². The molecule has 0 aliphatic rings. The lowest BCUT2D eigenvalue weighted by atomic mass is 9.74. The van der Waals surface area contributed by atoms with E-state index in [1.165, 1.54) is 25.3 Å². The minimum absolute atomic E-state index is 0. The first kappa shape index (κ1) is 41.1. The average molecular weight is 709 g/mol. The van der Waals surface area contributed by atoms with Crippen molar-refractivity contribution in [1.29, 1.82) is 0 Å². The quantitative estimate of drug-likeness (QED) is 0.145. The van der Waals surface area contributed by atoms with Crippen LogP contribution in [0.5, 0.6) is 0 Å². The molecule has 6 N–H and O–H groups in total. The van der Waals surface area contributed by atoms with Crippen molar-refractivity contribution in [2.45, 2.75) is 60.0 Å². The number of carbonyl (C=O) groups excluding carboxylic acids is 2. The second kappa shape index (κ2) is 20.3. The molecule has 12 heteroatoms. The Hall–Kier alpha value is -3.94. The van der Waals surface area contributed by atoms with Gasteiger partial charge in [0.2, 0.25) is 0 Å². The summed E-state index contributed by atoms with van der Waals surface area (Å²) in [7, 11) is 1.35. The van der Waals surface area contributed by atoms with Gasteiger partial charge in [0.25, 0.3) is 0 Å². The van der Waals surface area contributed by atoms with Crippen LogP contribution in [0.1, 0.15) is 65.7 Å². The molecule has 0 bridgehead atoms. The molecule has 0 saturated carbocycles. The standard InChI is InChI=1S/C17H20N2O2.C9H11BrN2O2.C8H11BO2.CH4/c1-11-5-4-6-12(2)17(11)14-7-13(9-19-10-14)15(18)8-16(20)21-3;1-14-9(13)3-8(11)6-2-7(10)5-12-4-6;1-6-4-3-5-7(2)8(6)9(10)11;/h4-7,9-10,15H,8,18H2,1-3H3;2,4-5,8H,3,11H2,1H3;3-5,10-11H,1-2H3;1H4. The number of hydrogen-bond acceptors (Lipinski definition) is 10. The summed E-state index contributed by atoms with van der Waals surface area (Å²) in [5.74, 6) is -0.641. The number of pyridine rings is 2. The summed E-state index contributed by atoms with van der Waals surface area (Å²) < 4.78 is 10.0. The molecule has 0 aliphatic heterocycles. The molecule has 4 rings (SSSR count). The maximum absolute atomic E-state index is 11.3. The first-order chi connectivity index (χ1) is 21.8. The van der Waals surface area contributed by atoms with Gasteiger partial charge in [0.05, 0.1) is 27.1 Å². The van der Waals surface area contributed by atoms with Gasteiger partial charge in [-0.2, -0.15) is 0 Å². The van der Waals surface area contributed by atoms with Crippen molar-refractivity contribution < 1.29 is 29.1 Å². The van der Waals surface area contributed by atoms with Gasteiger partial charge >= 0.3 is 19.1 Å². The molecule has 2 aromatic carbocycles. The van der Waals surface area contributed by atoms with Crippen LogP contribution in [0.4, 0.5) is 0 Å². The average Bonchev–Trinajstić information content (AvgIpc) is 3.01. The molecule has 252 valence electrons. The largest absolute Gasteiger partial charge is 0.488 e. The summed E-state index contributed by atoms with van der Waals surface area (Å²) in [4.78, 5) is 30.5. The van der Waals surface area contributed by atoms with E-state index in [9.17, 15) is 9.59 Å². The van der Waals surface area contributed by atoms with Crippen molar-refractivity contribution in [3.8, 4) is 11.1 Å². The number of aromatic nitrogens is 2. The fraction of sp³-hybridized carbons (Fsp3) is 0.314. The Morgan fingerprint density at radius 1 is 0.766 bits per heavy atom. The van der Waals surface area contributed by atoms with Gasteiger partial charge in [-0.05, 0) is 89.0 Å². The number of hydrogen-bond donors (Lipinski definition) is 4. The van der Waals surface area contributed by atoms with Gasteiger partial charge in [-0.15, -0.1) is 0 Å². The molecule has 0 amide bonds. The Morgan fingerprint density at radius 2 is 1.19 bits per heavy atom. The van der Waals surface area contributed by atoms with E-state index < -0.39 is 13.2 Å². The number of aryl methyl sites for hydroxylation is 4. The van der Waals surface area contributed by atoms with E-state index in [1.807, 2.05) is 56.4 Å². The van der Waals surface area contributed by atoms with Crippen molar-refractivity contribution in [2.24, 2.45) is 11.5 Å². The topological polar surface area (TPSA) is 171 Å². The van der Waals surface area contributed by atoms with Gasteiger partial charge in [0, 0.05) is 46.9 Å². The van der Waals surface area contributed by atoms with Crippen molar-refractivity contribution in [3.63, 3.8) is 0 Å². The van der Waals surface area contributed by atoms with E-state index >= 15 is 0 Å². The highest BCUT2D eigenvalue weighted by atomic mass is 79.9. The summed E-state index contributed by atoms with van der Waals surface area (Å²) in [6, 6.07) is 14.9. The summed E-state index contributed by atoms with van der Waals surface area (Å²) in [6.45, 7) is 7.87. The molecule has 2 unspecified atom stereocenters. The zero-order valence-electron chi connectivity index (χ0n) is 27.0. The van der Waals surface area contributed by atoms with E-state index in [4.69, 9.17) is 21.5 Å². The molecule has 2 atom stereocenters. The minimum Gasteiger partial charge on any atom is -0.469 e. The SMILES string of the molecule is C.COC(=O)CC(N)c1cncc(-c2c(C)cccc2C)c1.COC(=O)CC(N)c1cncc(Br)c1.Cc1cccc(C)c1B(O)O. The maximum atomic E-state index is 11.3. The number of nitrogens with zero attached hydrogens (tertiary/aromatic N) is 2. The highest BCUT2D eigenvalue weighted by Crippen LogP contribution is 2.28. The Kier molecular flexibility index (Phi) is 17.8. The fourth-order valence-corrected chi connectivity index (χ4v) is 5.08. The van der Waals surface area contributed by atoms with Gasteiger partial charge in [0.15, 0.2) is 0 Å². The zero-order chi connectivity index (χ0) is 34.4. The van der Waals surface area contributed by atoms with E-state index in [0.29, 0.717) is 5.46 Å². The lowest BCUT2D eigenvalue weighted by molar-refractivity contribution is -0.141. The van der Waals surface area contributed by atoms with Crippen LogP contribution in [0.25, 0.3) is 11.1 Å². The molecule has 0 saturated heterocycles. The molecule has 2 aromatic heterocycles. The molecule has 0 fully saturated rings. The zero-order valence-corrected chi connectivity index (χ0v) is 28.6. The molecular weight excluding hydrogens is 663 g/mol. The van der Waals surface area contributed by atoms with Crippen LogP contribution >= 0.6 is 15.9 Å². The first-order valence-corrected chi connectivity index (χ1v) is 15.3. The summed E-state index contributed by atoms with van der Waals surface area (Å²) in [5.41, 5.74) is 20.5. The molecule has 4 aromatic rings. The number of carbonyl (C=O) groups is 2. The third-order valence-corrected chi connectivity index (χ3v) is 7.57. The molecule has 0 radical (unpaired) electrons. The fourth-order valence-electron chi connectivity index (χ4n) is 4.69. The van der Waals surface area contributed by atoms with Gasteiger partial charge in [0.1, 0.15) is 0 Å². The van der Waals surface area contributed by atoms with E-state index in [1.54, 1.807) is 18.6 Å². The van der Waals surface area contributed by atoms with Crippen molar-refractivity contribution in [1.82, 2.24) is 9.97 Å². The predicted molar refractivity (Wildman–Crippen MR) is 191 cm³/mol. The number of esters is 2. The van der Waals surface area contributed by atoms with Crippen LogP contribution in [-0.2, 0) is 19.1 Å². The van der Waals surface area contributed by atoms with Crippen LogP contribution in [0, 0.1) is 27.7 Å². The second-order valence-corrected chi connectivity index (χ2v) is 11.6. The highest BCUT2D eigenvalue weighted by molar-refractivity contribution is 9.10. The van der Waals surface area contributed by atoms with Crippen molar-refractivity contribution >= 4 is 40.4 Å². The summed E-state index contributed by atoms with van der Waals surface area (Å²) >= 11 is 3.28. The summed E-state index contributed by atoms with van der Waals surface area (Å²) in [5, 5.41) is 17.9. The first-order valence-electron chi connectivity index (χ1n) is 14.5. The van der Waals surface area contributed by atoms with Crippen molar-refractivity contribution in [3.05, 3.63) is 111 Å². The molecule has 0 spiro atoms. The van der Waals surface area contributed by atoms with Gasteiger partial charge in [-0.1, -0.05) is 55.0 Å². The lowest BCUT2D eigenvalue weighted by Crippen LogP contribution is -2.34. The number of nitrogens with two attached hydrogens (primary N) is 2. The Balaban J connectivity index is 0.000000370. The predicted octanol–water partition coefficient (Wildman–Crippen LogP) is 4.95. The number of halogens is 1. The normalized spacial score (nSPS) is 11.3. The van der Waals surface area contributed by atoms with Crippen LogP contribution < -0.4 is 16.9 Å². The maximum Gasteiger partial charge on any atom is 0.488 e. The van der Waals surface area contributed by atoms with Crippen LogP contribution in [0.3, 0.4) is 0 Å². The minimum atomic E-state index is -1.35. The number of methoxy groups -OCH3 is 2. The molecule has 10 nitrogen and oxygen atoms in total. The second-order valence-electron chi connectivity index (χ2n) is 10.7. The third-order valence-electron chi connectivity index (χ3n) is 7.14. The Labute approximate surface area is 286 Å². The van der Waals surface area contributed by atoms with E-state index in [0.717, 1.165) is 37.9 Å². The van der Waals surface area contributed by atoms with Crippen LogP contribution in [0.15, 0.2) is 77.8 Å². The highest BCUT2D eigenvalue weighted by Gasteiger charge is 2.16. The molecular formula is C35H46BBrN4O6. The molecule has 0 aliphatic carbocycles. The monoisotopic (exact) mass is 708 g/mol. The Bertz CT molecular complexity index is 1560. The van der Waals surface area contributed by atoms with E-state index in [2.05, 4.69) is 61.4 Å². The van der Waals surface area contributed by atoms with Gasteiger partial charge in [-0.3, -0.25) is 19.6 Å². The number of rotatable bonds is 8. The van der Waals surface area contributed by atoms with Crippen molar-refractivity contribution in [2.75, 3.05) is 14.2 Å².